The third-order valence-corrected chi connectivity index (χ3v) is 6.51. The highest BCUT2D eigenvalue weighted by molar-refractivity contribution is 5.80. The van der Waals surface area contributed by atoms with Crippen molar-refractivity contribution in [3.05, 3.63) is 47.3 Å². The monoisotopic (exact) mass is 427 g/mol. The summed E-state index contributed by atoms with van der Waals surface area (Å²) in [7, 11) is 1.98. The highest BCUT2D eigenvalue weighted by Gasteiger charge is 2.22. The molecule has 0 bridgehead atoms. The SMILES string of the molecule is Cc1nnc(CN=C(NC2CCCC2)NC2CCN(Cc3ccc(F)cc3)CC2)n1C. The third-order valence-electron chi connectivity index (χ3n) is 6.51. The molecule has 31 heavy (non-hydrogen) atoms. The molecule has 1 aromatic carbocycles. The highest BCUT2D eigenvalue weighted by atomic mass is 19.1. The van der Waals surface area contributed by atoms with Crippen LogP contribution < -0.4 is 10.6 Å². The summed E-state index contributed by atoms with van der Waals surface area (Å²) in [6.07, 6.45) is 7.12. The van der Waals surface area contributed by atoms with Crippen molar-refractivity contribution in [1.82, 2.24) is 30.3 Å². The van der Waals surface area contributed by atoms with Crippen LogP contribution in [0.15, 0.2) is 29.3 Å². The number of halogens is 1. The lowest BCUT2D eigenvalue weighted by Gasteiger charge is -2.33. The van der Waals surface area contributed by atoms with Gasteiger partial charge in [0.05, 0.1) is 0 Å². The lowest BCUT2D eigenvalue weighted by molar-refractivity contribution is 0.198. The Labute approximate surface area is 184 Å². The quantitative estimate of drug-likeness (QED) is 0.548. The number of hydrogen-bond acceptors (Lipinski definition) is 4. The summed E-state index contributed by atoms with van der Waals surface area (Å²) in [6, 6.07) is 7.75. The molecule has 2 heterocycles. The summed E-state index contributed by atoms with van der Waals surface area (Å²) in [4.78, 5) is 7.28. The second kappa shape index (κ2) is 10.2. The number of likely N-dealkylation sites (tertiary alicyclic amines) is 1. The van der Waals surface area contributed by atoms with E-state index >= 15 is 0 Å². The second-order valence-corrected chi connectivity index (χ2v) is 8.83. The Balaban J connectivity index is 1.32. The van der Waals surface area contributed by atoms with Gasteiger partial charge in [-0.2, -0.15) is 0 Å². The Hall–Kier alpha value is -2.48. The first-order valence-corrected chi connectivity index (χ1v) is 11.5. The minimum absolute atomic E-state index is 0.176. The summed E-state index contributed by atoms with van der Waals surface area (Å²) in [6.45, 7) is 5.39. The van der Waals surface area contributed by atoms with Crippen molar-refractivity contribution in [2.75, 3.05) is 13.1 Å². The largest absolute Gasteiger partial charge is 0.354 e. The molecule has 1 aliphatic heterocycles. The Morgan fingerprint density at radius 2 is 1.68 bits per heavy atom. The van der Waals surface area contributed by atoms with E-state index in [1.807, 2.05) is 30.7 Å². The van der Waals surface area contributed by atoms with E-state index in [1.54, 1.807) is 12.1 Å². The molecule has 0 spiro atoms. The molecule has 0 atom stereocenters. The van der Waals surface area contributed by atoms with Crippen LogP contribution in [-0.4, -0.2) is 50.8 Å². The van der Waals surface area contributed by atoms with E-state index in [4.69, 9.17) is 4.99 Å². The maximum atomic E-state index is 13.1. The Morgan fingerprint density at radius 3 is 2.29 bits per heavy atom. The van der Waals surface area contributed by atoms with Crippen molar-refractivity contribution in [2.24, 2.45) is 12.0 Å². The fourth-order valence-corrected chi connectivity index (χ4v) is 4.41. The van der Waals surface area contributed by atoms with E-state index in [-0.39, 0.29) is 5.82 Å². The normalized spacial score (nSPS) is 19.1. The number of hydrogen-bond donors (Lipinski definition) is 2. The maximum Gasteiger partial charge on any atom is 0.192 e. The van der Waals surface area contributed by atoms with Gasteiger partial charge in [-0.25, -0.2) is 9.38 Å². The summed E-state index contributed by atoms with van der Waals surface area (Å²) >= 11 is 0. The van der Waals surface area contributed by atoms with E-state index in [0.717, 1.165) is 55.6 Å². The predicted molar refractivity (Wildman–Crippen MR) is 120 cm³/mol. The number of piperidine rings is 1. The zero-order valence-electron chi connectivity index (χ0n) is 18.6. The summed E-state index contributed by atoms with van der Waals surface area (Å²) < 4.78 is 15.1. The first-order valence-electron chi connectivity index (χ1n) is 11.5. The van der Waals surface area contributed by atoms with Crippen LogP contribution in [0.25, 0.3) is 0 Å². The van der Waals surface area contributed by atoms with E-state index in [1.165, 1.54) is 25.7 Å². The van der Waals surface area contributed by atoms with Gasteiger partial charge in [0.2, 0.25) is 0 Å². The lowest BCUT2D eigenvalue weighted by atomic mass is 10.0. The van der Waals surface area contributed by atoms with Crippen LogP contribution in [0, 0.1) is 12.7 Å². The molecule has 8 heteroatoms. The van der Waals surface area contributed by atoms with Gasteiger partial charge in [0, 0.05) is 38.8 Å². The molecule has 0 unspecified atom stereocenters. The van der Waals surface area contributed by atoms with Crippen molar-refractivity contribution in [1.29, 1.82) is 0 Å². The first-order chi connectivity index (χ1) is 15.1. The number of nitrogens with zero attached hydrogens (tertiary/aromatic N) is 5. The Kier molecular flexibility index (Phi) is 7.17. The minimum atomic E-state index is -0.176. The van der Waals surface area contributed by atoms with Crippen molar-refractivity contribution >= 4 is 5.96 Å². The molecule has 0 radical (unpaired) electrons. The third kappa shape index (κ3) is 6.03. The number of rotatable bonds is 6. The molecule has 7 nitrogen and oxygen atoms in total. The fourth-order valence-electron chi connectivity index (χ4n) is 4.41. The molecular formula is C23H34FN7. The van der Waals surface area contributed by atoms with Gasteiger partial charge in [0.1, 0.15) is 18.2 Å². The summed E-state index contributed by atoms with van der Waals surface area (Å²) in [5.41, 5.74) is 1.16. The summed E-state index contributed by atoms with van der Waals surface area (Å²) in [5, 5.41) is 15.7. The number of aryl methyl sites for hydroxylation is 1. The molecule has 168 valence electrons. The molecule has 1 aliphatic carbocycles. The average Bonchev–Trinajstić information content (AvgIpc) is 3.40. The molecule has 2 aromatic rings. The zero-order chi connectivity index (χ0) is 21.6. The van der Waals surface area contributed by atoms with E-state index in [2.05, 4.69) is 25.7 Å². The zero-order valence-corrected chi connectivity index (χ0v) is 18.6. The van der Waals surface area contributed by atoms with Crippen LogP contribution >= 0.6 is 0 Å². The molecule has 1 saturated carbocycles. The first kappa shape index (κ1) is 21.7. The van der Waals surface area contributed by atoms with Crippen LogP contribution in [0.5, 0.6) is 0 Å². The number of aliphatic imine (C=N–C) groups is 1. The van der Waals surface area contributed by atoms with Gasteiger partial charge in [-0.1, -0.05) is 25.0 Å². The number of guanidine groups is 1. The van der Waals surface area contributed by atoms with Crippen LogP contribution in [-0.2, 0) is 20.1 Å². The second-order valence-electron chi connectivity index (χ2n) is 8.83. The van der Waals surface area contributed by atoms with Crippen LogP contribution in [0.1, 0.15) is 55.7 Å². The molecule has 2 aliphatic rings. The molecule has 2 fully saturated rings. The molecule has 2 N–H and O–H groups in total. The minimum Gasteiger partial charge on any atom is -0.354 e. The average molecular weight is 428 g/mol. The molecule has 0 amide bonds. The van der Waals surface area contributed by atoms with Crippen LogP contribution in [0.2, 0.25) is 0 Å². The van der Waals surface area contributed by atoms with Crippen LogP contribution in [0.3, 0.4) is 0 Å². The van der Waals surface area contributed by atoms with E-state index < -0.39 is 0 Å². The fraction of sp³-hybridized carbons (Fsp3) is 0.609. The standard InChI is InChI=1S/C23H34FN7/c1-17-28-29-22(30(17)2)15-25-23(26-20-5-3-4-6-20)27-21-11-13-31(14-12-21)16-18-7-9-19(24)10-8-18/h7-10,20-21H,3-6,11-16H2,1-2H3,(H2,25,26,27). The molecule has 4 rings (SSSR count). The molecular weight excluding hydrogens is 393 g/mol. The van der Waals surface area contributed by atoms with Gasteiger partial charge in [0.25, 0.3) is 0 Å². The topological polar surface area (TPSA) is 70.4 Å². The Morgan fingerprint density at radius 1 is 1.03 bits per heavy atom. The van der Waals surface area contributed by atoms with Crippen molar-refractivity contribution in [2.45, 2.75) is 70.6 Å². The number of aromatic nitrogens is 3. The van der Waals surface area contributed by atoms with Gasteiger partial charge in [-0.3, -0.25) is 4.90 Å². The van der Waals surface area contributed by atoms with E-state index in [0.29, 0.717) is 18.6 Å². The van der Waals surface area contributed by atoms with Crippen molar-refractivity contribution in [3.8, 4) is 0 Å². The Bertz CT molecular complexity index is 863. The van der Waals surface area contributed by atoms with Gasteiger partial charge in [-0.15, -0.1) is 10.2 Å². The highest BCUT2D eigenvalue weighted by Crippen LogP contribution is 2.18. The maximum absolute atomic E-state index is 13.1. The van der Waals surface area contributed by atoms with Crippen molar-refractivity contribution in [3.63, 3.8) is 0 Å². The van der Waals surface area contributed by atoms with Gasteiger partial charge in [0.15, 0.2) is 11.8 Å². The van der Waals surface area contributed by atoms with Gasteiger partial charge < -0.3 is 15.2 Å². The van der Waals surface area contributed by atoms with E-state index in [9.17, 15) is 4.39 Å². The predicted octanol–water partition coefficient (Wildman–Crippen LogP) is 2.91. The summed E-state index contributed by atoms with van der Waals surface area (Å²) in [5.74, 6) is 2.49. The van der Waals surface area contributed by atoms with Gasteiger partial charge >= 0.3 is 0 Å². The lowest BCUT2D eigenvalue weighted by Crippen LogP contribution is -2.50. The molecule has 1 aromatic heterocycles. The molecule has 1 saturated heterocycles. The van der Waals surface area contributed by atoms with Crippen LogP contribution in [0.4, 0.5) is 4.39 Å². The number of benzene rings is 1. The van der Waals surface area contributed by atoms with Crippen molar-refractivity contribution < 1.29 is 4.39 Å². The smallest absolute Gasteiger partial charge is 0.192 e. The number of nitrogens with one attached hydrogen (secondary N) is 2. The van der Waals surface area contributed by atoms with Gasteiger partial charge in [-0.05, 0) is 50.3 Å².